The summed E-state index contributed by atoms with van der Waals surface area (Å²) in [7, 11) is 0. The number of hydrogen-bond donors (Lipinski definition) is 0. The smallest absolute Gasteiger partial charge is 0.254 e. The van der Waals surface area contributed by atoms with Crippen LogP contribution in [0, 0.1) is 13.8 Å². The van der Waals surface area contributed by atoms with Crippen LogP contribution in [0.4, 0.5) is 0 Å². The number of nitrogens with zero attached hydrogens (tertiary/aromatic N) is 2. The molecule has 0 N–H and O–H groups in total. The van der Waals surface area contributed by atoms with E-state index in [-0.39, 0.29) is 11.9 Å². The van der Waals surface area contributed by atoms with Gasteiger partial charge in [-0.3, -0.25) is 9.69 Å². The molecule has 1 fully saturated rings. The van der Waals surface area contributed by atoms with Gasteiger partial charge in [0.25, 0.3) is 5.91 Å². The summed E-state index contributed by atoms with van der Waals surface area (Å²) in [6.07, 6.45) is 0. The van der Waals surface area contributed by atoms with Gasteiger partial charge < -0.3 is 9.64 Å². The van der Waals surface area contributed by atoms with Crippen LogP contribution >= 0.6 is 0 Å². The Balaban J connectivity index is 1.83. The number of benzene rings is 2. The molecular formula is C23H30N2O2. The molecule has 4 heteroatoms. The predicted molar refractivity (Wildman–Crippen MR) is 109 cm³/mol. The molecule has 1 atom stereocenters. The Labute approximate surface area is 162 Å². The van der Waals surface area contributed by atoms with Crippen LogP contribution in [0.1, 0.15) is 34.0 Å². The van der Waals surface area contributed by atoms with Gasteiger partial charge in [0.05, 0.1) is 13.2 Å². The largest absolute Gasteiger partial charge is 0.379 e. The summed E-state index contributed by atoms with van der Waals surface area (Å²) < 4.78 is 5.46. The van der Waals surface area contributed by atoms with Gasteiger partial charge in [0, 0.05) is 37.8 Å². The Morgan fingerprint density at radius 2 is 1.81 bits per heavy atom. The molecule has 0 bridgehead atoms. The SMILES string of the molecule is Cc1ccc(C)c(C(=O)N(Cc2ccccc2)C(C)CN2CCOCC2)c1. The maximum atomic E-state index is 13.5. The van der Waals surface area contributed by atoms with Crippen LogP contribution in [0.25, 0.3) is 0 Å². The highest BCUT2D eigenvalue weighted by Crippen LogP contribution is 2.18. The standard InChI is InChI=1S/C23H30N2O2/c1-18-9-10-19(2)22(15-18)23(26)25(17-21-7-5-4-6-8-21)20(3)16-24-11-13-27-14-12-24/h4-10,15,20H,11-14,16-17H2,1-3H3. The number of amides is 1. The van der Waals surface area contributed by atoms with Gasteiger partial charge in [0.15, 0.2) is 0 Å². The van der Waals surface area contributed by atoms with E-state index < -0.39 is 0 Å². The molecule has 1 saturated heterocycles. The predicted octanol–water partition coefficient (Wildman–Crippen LogP) is 3.67. The third-order valence-electron chi connectivity index (χ3n) is 5.24. The number of rotatable bonds is 6. The fourth-order valence-electron chi connectivity index (χ4n) is 3.58. The Bertz CT molecular complexity index is 754. The molecule has 4 nitrogen and oxygen atoms in total. The van der Waals surface area contributed by atoms with Crippen molar-refractivity contribution in [1.82, 2.24) is 9.80 Å². The van der Waals surface area contributed by atoms with E-state index in [1.165, 1.54) is 0 Å². The fourth-order valence-corrected chi connectivity index (χ4v) is 3.58. The molecule has 2 aromatic carbocycles. The Morgan fingerprint density at radius 3 is 2.52 bits per heavy atom. The molecule has 1 aliphatic heterocycles. The number of carbonyl (C=O) groups is 1. The minimum atomic E-state index is 0.112. The van der Waals surface area contributed by atoms with Crippen molar-refractivity contribution in [2.75, 3.05) is 32.8 Å². The van der Waals surface area contributed by atoms with E-state index in [0.29, 0.717) is 6.54 Å². The van der Waals surface area contributed by atoms with Gasteiger partial charge >= 0.3 is 0 Å². The lowest BCUT2D eigenvalue weighted by Gasteiger charge is -2.35. The Hall–Kier alpha value is -2.17. The van der Waals surface area contributed by atoms with Crippen molar-refractivity contribution >= 4 is 5.91 Å². The summed E-state index contributed by atoms with van der Waals surface area (Å²) in [5, 5.41) is 0. The molecule has 1 amide bonds. The van der Waals surface area contributed by atoms with Gasteiger partial charge in [-0.05, 0) is 38.0 Å². The van der Waals surface area contributed by atoms with Crippen molar-refractivity contribution < 1.29 is 9.53 Å². The molecule has 1 aliphatic rings. The summed E-state index contributed by atoms with van der Waals surface area (Å²) >= 11 is 0. The molecule has 1 heterocycles. The van der Waals surface area contributed by atoms with Gasteiger partial charge in [-0.1, -0.05) is 48.0 Å². The Kier molecular flexibility index (Phi) is 6.64. The van der Waals surface area contributed by atoms with Crippen LogP contribution in [0.3, 0.4) is 0 Å². The minimum absolute atomic E-state index is 0.112. The third kappa shape index (κ3) is 5.18. The lowest BCUT2D eigenvalue weighted by Crippen LogP contribution is -2.48. The van der Waals surface area contributed by atoms with Gasteiger partial charge in [-0.2, -0.15) is 0 Å². The molecule has 0 spiro atoms. The summed E-state index contributed by atoms with van der Waals surface area (Å²) in [6.45, 7) is 11.1. The van der Waals surface area contributed by atoms with Crippen LogP contribution < -0.4 is 0 Å². The molecular weight excluding hydrogens is 336 g/mol. The lowest BCUT2D eigenvalue weighted by molar-refractivity contribution is 0.0228. The van der Waals surface area contributed by atoms with Gasteiger partial charge in [0.1, 0.15) is 0 Å². The summed E-state index contributed by atoms with van der Waals surface area (Å²) in [6, 6.07) is 16.5. The number of aryl methyl sites for hydroxylation is 2. The topological polar surface area (TPSA) is 32.8 Å². The highest BCUT2D eigenvalue weighted by Gasteiger charge is 2.25. The zero-order valence-electron chi connectivity index (χ0n) is 16.6. The van der Waals surface area contributed by atoms with E-state index in [1.807, 2.05) is 49.1 Å². The van der Waals surface area contributed by atoms with Crippen molar-refractivity contribution in [3.05, 3.63) is 70.8 Å². The van der Waals surface area contributed by atoms with E-state index in [1.54, 1.807) is 0 Å². The van der Waals surface area contributed by atoms with E-state index in [4.69, 9.17) is 4.74 Å². The van der Waals surface area contributed by atoms with Crippen LogP contribution in [0.5, 0.6) is 0 Å². The average Bonchev–Trinajstić information content (AvgIpc) is 2.69. The summed E-state index contributed by atoms with van der Waals surface area (Å²) in [4.78, 5) is 17.9. The van der Waals surface area contributed by atoms with E-state index in [2.05, 4.69) is 30.0 Å². The van der Waals surface area contributed by atoms with Gasteiger partial charge in [-0.15, -0.1) is 0 Å². The van der Waals surface area contributed by atoms with Crippen molar-refractivity contribution in [1.29, 1.82) is 0 Å². The molecule has 144 valence electrons. The molecule has 27 heavy (non-hydrogen) atoms. The molecule has 1 unspecified atom stereocenters. The fraction of sp³-hybridized carbons (Fsp3) is 0.435. The maximum absolute atomic E-state index is 13.5. The quantitative estimate of drug-likeness (QED) is 0.782. The van der Waals surface area contributed by atoms with Crippen LogP contribution in [0.15, 0.2) is 48.5 Å². The second kappa shape index (κ2) is 9.16. The molecule has 0 aromatic heterocycles. The number of ether oxygens (including phenoxy) is 1. The maximum Gasteiger partial charge on any atom is 0.254 e. The number of hydrogen-bond acceptors (Lipinski definition) is 3. The third-order valence-corrected chi connectivity index (χ3v) is 5.24. The monoisotopic (exact) mass is 366 g/mol. The summed E-state index contributed by atoms with van der Waals surface area (Å²) in [5.41, 5.74) is 4.11. The highest BCUT2D eigenvalue weighted by molar-refractivity contribution is 5.96. The van der Waals surface area contributed by atoms with Crippen LogP contribution in [-0.2, 0) is 11.3 Å². The van der Waals surface area contributed by atoms with Crippen molar-refractivity contribution in [2.24, 2.45) is 0 Å². The second-order valence-corrected chi connectivity index (χ2v) is 7.50. The average molecular weight is 367 g/mol. The van der Waals surface area contributed by atoms with Crippen LogP contribution in [0.2, 0.25) is 0 Å². The second-order valence-electron chi connectivity index (χ2n) is 7.50. The molecule has 0 aliphatic carbocycles. The molecule has 2 aromatic rings. The first kappa shape index (κ1) is 19.6. The highest BCUT2D eigenvalue weighted by atomic mass is 16.5. The molecule has 0 radical (unpaired) electrons. The summed E-state index contributed by atoms with van der Waals surface area (Å²) in [5.74, 6) is 0.112. The Morgan fingerprint density at radius 1 is 1.11 bits per heavy atom. The zero-order chi connectivity index (χ0) is 19.2. The first-order valence-electron chi connectivity index (χ1n) is 9.77. The van der Waals surface area contributed by atoms with Crippen molar-refractivity contribution in [2.45, 2.75) is 33.4 Å². The zero-order valence-corrected chi connectivity index (χ0v) is 16.6. The first-order chi connectivity index (χ1) is 13.0. The number of carbonyl (C=O) groups excluding carboxylic acids is 1. The van der Waals surface area contributed by atoms with Crippen LogP contribution in [-0.4, -0.2) is 54.6 Å². The van der Waals surface area contributed by atoms with E-state index in [9.17, 15) is 4.79 Å². The number of morpholine rings is 1. The van der Waals surface area contributed by atoms with Crippen molar-refractivity contribution in [3.8, 4) is 0 Å². The van der Waals surface area contributed by atoms with E-state index >= 15 is 0 Å². The molecule has 0 saturated carbocycles. The minimum Gasteiger partial charge on any atom is -0.379 e. The van der Waals surface area contributed by atoms with Gasteiger partial charge in [-0.25, -0.2) is 0 Å². The van der Waals surface area contributed by atoms with Gasteiger partial charge in [0.2, 0.25) is 0 Å². The first-order valence-corrected chi connectivity index (χ1v) is 9.77. The van der Waals surface area contributed by atoms with Crippen molar-refractivity contribution in [3.63, 3.8) is 0 Å². The molecule has 3 rings (SSSR count). The lowest BCUT2D eigenvalue weighted by atomic mass is 10.0. The normalized spacial score (nSPS) is 16.1. The van der Waals surface area contributed by atoms with E-state index in [0.717, 1.165) is 55.1 Å².